The fourth-order valence-corrected chi connectivity index (χ4v) is 2.12. The standard InChI is InChI=1S/C12H20N4O2/c1-15(7-8-16-6-2-5-14-16)11(17)12(13)3-9-18-10-4-12/h2,5-6H,3-4,7-10,13H2,1H3. The molecule has 0 atom stereocenters. The molecule has 0 bridgehead atoms. The Balaban J connectivity index is 1.87. The highest BCUT2D eigenvalue weighted by atomic mass is 16.5. The van der Waals surface area contributed by atoms with E-state index < -0.39 is 5.54 Å². The summed E-state index contributed by atoms with van der Waals surface area (Å²) in [5, 5.41) is 4.10. The van der Waals surface area contributed by atoms with Crippen molar-refractivity contribution >= 4 is 5.91 Å². The van der Waals surface area contributed by atoms with Crippen LogP contribution in [0, 0.1) is 0 Å². The van der Waals surface area contributed by atoms with Crippen LogP contribution in [0.5, 0.6) is 0 Å². The number of carbonyl (C=O) groups excluding carboxylic acids is 1. The molecule has 1 aromatic rings. The minimum Gasteiger partial charge on any atom is -0.381 e. The highest BCUT2D eigenvalue weighted by Gasteiger charge is 2.37. The molecule has 0 radical (unpaired) electrons. The van der Waals surface area contributed by atoms with Gasteiger partial charge in [-0.2, -0.15) is 5.10 Å². The Morgan fingerprint density at radius 2 is 2.28 bits per heavy atom. The molecule has 1 fully saturated rings. The van der Waals surface area contributed by atoms with E-state index in [1.165, 1.54) is 0 Å². The summed E-state index contributed by atoms with van der Waals surface area (Å²) in [6.07, 6.45) is 4.80. The minimum atomic E-state index is -0.753. The van der Waals surface area contributed by atoms with Crippen LogP contribution in [0.4, 0.5) is 0 Å². The van der Waals surface area contributed by atoms with Gasteiger partial charge < -0.3 is 15.4 Å². The van der Waals surface area contributed by atoms with Crippen LogP contribution in [0.1, 0.15) is 12.8 Å². The van der Waals surface area contributed by atoms with Crippen LogP contribution in [0.3, 0.4) is 0 Å². The third-order valence-electron chi connectivity index (χ3n) is 3.38. The summed E-state index contributed by atoms with van der Waals surface area (Å²) in [6, 6.07) is 1.87. The average molecular weight is 252 g/mol. The first-order valence-electron chi connectivity index (χ1n) is 6.21. The average Bonchev–Trinajstić information content (AvgIpc) is 2.89. The SMILES string of the molecule is CN(CCn1cccn1)C(=O)C1(N)CCOCC1. The van der Waals surface area contributed by atoms with E-state index in [0.29, 0.717) is 39.1 Å². The van der Waals surface area contributed by atoms with Crippen molar-refractivity contribution in [1.29, 1.82) is 0 Å². The molecule has 6 heteroatoms. The molecule has 2 rings (SSSR count). The van der Waals surface area contributed by atoms with E-state index in [1.807, 2.05) is 12.3 Å². The first-order chi connectivity index (χ1) is 8.62. The maximum Gasteiger partial charge on any atom is 0.242 e. The zero-order valence-electron chi connectivity index (χ0n) is 10.7. The molecule has 100 valence electrons. The van der Waals surface area contributed by atoms with Crippen LogP contribution in [0.25, 0.3) is 0 Å². The Labute approximate surface area is 107 Å². The first kappa shape index (κ1) is 13.0. The second kappa shape index (κ2) is 5.49. The van der Waals surface area contributed by atoms with Crippen molar-refractivity contribution in [2.24, 2.45) is 5.73 Å². The number of hydrogen-bond acceptors (Lipinski definition) is 4. The number of carbonyl (C=O) groups is 1. The summed E-state index contributed by atoms with van der Waals surface area (Å²) in [7, 11) is 1.79. The number of nitrogens with zero attached hydrogens (tertiary/aromatic N) is 3. The molecule has 2 N–H and O–H groups in total. The minimum absolute atomic E-state index is 0.00189. The van der Waals surface area contributed by atoms with Gasteiger partial charge >= 0.3 is 0 Å². The molecule has 0 aliphatic carbocycles. The lowest BCUT2D eigenvalue weighted by molar-refractivity contribution is -0.139. The number of amides is 1. The van der Waals surface area contributed by atoms with Gasteiger partial charge in [-0.25, -0.2) is 0 Å². The van der Waals surface area contributed by atoms with E-state index in [-0.39, 0.29) is 5.91 Å². The summed E-state index contributed by atoms with van der Waals surface area (Å²) < 4.78 is 7.05. The Morgan fingerprint density at radius 1 is 1.56 bits per heavy atom. The number of aromatic nitrogens is 2. The van der Waals surface area contributed by atoms with Gasteiger partial charge in [0.05, 0.1) is 12.1 Å². The summed E-state index contributed by atoms with van der Waals surface area (Å²) in [5.41, 5.74) is 5.41. The lowest BCUT2D eigenvalue weighted by Crippen LogP contribution is -2.57. The van der Waals surface area contributed by atoms with Crippen molar-refractivity contribution in [1.82, 2.24) is 14.7 Å². The Bertz CT molecular complexity index is 385. The predicted molar refractivity (Wildman–Crippen MR) is 66.8 cm³/mol. The third kappa shape index (κ3) is 2.88. The van der Waals surface area contributed by atoms with Crippen molar-refractivity contribution in [2.75, 3.05) is 26.8 Å². The van der Waals surface area contributed by atoms with Gasteiger partial charge in [0.2, 0.25) is 5.91 Å². The van der Waals surface area contributed by atoms with Gasteiger partial charge in [0.1, 0.15) is 0 Å². The number of likely N-dealkylation sites (N-methyl/N-ethyl adjacent to an activating group) is 1. The molecule has 0 saturated carbocycles. The number of rotatable bonds is 4. The lowest BCUT2D eigenvalue weighted by atomic mass is 9.90. The first-order valence-corrected chi connectivity index (χ1v) is 6.21. The molecular weight excluding hydrogens is 232 g/mol. The fourth-order valence-electron chi connectivity index (χ4n) is 2.12. The molecule has 1 aliphatic heterocycles. The molecule has 1 aromatic heterocycles. The third-order valence-corrected chi connectivity index (χ3v) is 3.38. The Kier molecular flexibility index (Phi) is 3.98. The van der Waals surface area contributed by atoms with Crippen LogP contribution in [0.2, 0.25) is 0 Å². The van der Waals surface area contributed by atoms with Gasteiger partial charge in [-0.15, -0.1) is 0 Å². The molecule has 2 heterocycles. The second-order valence-electron chi connectivity index (χ2n) is 4.76. The van der Waals surface area contributed by atoms with Crippen molar-refractivity contribution in [3.05, 3.63) is 18.5 Å². The molecule has 0 spiro atoms. The van der Waals surface area contributed by atoms with Crippen LogP contribution >= 0.6 is 0 Å². The largest absolute Gasteiger partial charge is 0.381 e. The van der Waals surface area contributed by atoms with Gasteiger partial charge in [-0.3, -0.25) is 9.48 Å². The zero-order chi connectivity index (χ0) is 13.0. The topological polar surface area (TPSA) is 73.4 Å². The van der Waals surface area contributed by atoms with Crippen LogP contribution in [0.15, 0.2) is 18.5 Å². The van der Waals surface area contributed by atoms with Crippen molar-refractivity contribution in [3.8, 4) is 0 Å². The molecule has 1 amide bonds. The smallest absolute Gasteiger partial charge is 0.242 e. The summed E-state index contributed by atoms with van der Waals surface area (Å²) in [4.78, 5) is 14.0. The number of nitrogens with two attached hydrogens (primary N) is 1. The lowest BCUT2D eigenvalue weighted by Gasteiger charge is -2.35. The fraction of sp³-hybridized carbons (Fsp3) is 0.667. The highest BCUT2D eigenvalue weighted by Crippen LogP contribution is 2.19. The molecule has 18 heavy (non-hydrogen) atoms. The molecule has 1 saturated heterocycles. The van der Waals surface area contributed by atoms with Gasteiger partial charge in [-0.1, -0.05) is 0 Å². The van der Waals surface area contributed by atoms with Gasteiger partial charge in [0.25, 0.3) is 0 Å². The molecule has 0 aromatic carbocycles. The molecule has 0 unspecified atom stereocenters. The maximum atomic E-state index is 12.3. The Hall–Kier alpha value is -1.40. The maximum absolute atomic E-state index is 12.3. The van der Waals surface area contributed by atoms with Gasteiger partial charge in [-0.05, 0) is 18.9 Å². The zero-order valence-corrected chi connectivity index (χ0v) is 10.7. The monoisotopic (exact) mass is 252 g/mol. The van der Waals surface area contributed by atoms with E-state index in [9.17, 15) is 4.79 Å². The molecular formula is C12H20N4O2. The van der Waals surface area contributed by atoms with Crippen molar-refractivity contribution in [2.45, 2.75) is 24.9 Å². The quantitative estimate of drug-likeness (QED) is 0.808. The Morgan fingerprint density at radius 3 is 2.89 bits per heavy atom. The summed E-state index contributed by atoms with van der Waals surface area (Å²) >= 11 is 0. The van der Waals surface area contributed by atoms with E-state index in [0.717, 1.165) is 0 Å². The molecule has 1 aliphatic rings. The van der Waals surface area contributed by atoms with Crippen molar-refractivity contribution < 1.29 is 9.53 Å². The normalized spacial score (nSPS) is 18.6. The van der Waals surface area contributed by atoms with Crippen LogP contribution in [-0.2, 0) is 16.1 Å². The van der Waals surface area contributed by atoms with Gasteiger partial charge in [0, 0.05) is 39.2 Å². The second-order valence-corrected chi connectivity index (χ2v) is 4.76. The van der Waals surface area contributed by atoms with E-state index in [1.54, 1.807) is 22.8 Å². The number of ether oxygens (including phenoxy) is 1. The highest BCUT2D eigenvalue weighted by molar-refractivity contribution is 5.86. The van der Waals surface area contributed by atoms with E-state index in [4.69, 9.17) is 10.5 Å². The van der Waals surface area contributed by atoms with Crippen molar-refractivity contribution in [3.63, 3.8) is 0 Å². The van der Waals surface area contributed by atoms with Crippen LogP contribution in [-0.4, -0.2) is 52.9 Å². The predicted octanol–water partition coefficient (Wildman–Crippen LogP) is -0.151. The van der Waals surface area contributed by atoms with Crippen LogP contribution < -0.4 is 5.73 Å². The summed E-state index contributed by atoms with van der Waals surface area (Å²) in [5.74, 6) is -0.00189. The number of hydrogen-bond donors (Lipinski definition) is 1. The van der Waals surface area contributed by atoms with E-state index >= 15 is 0 Å². The molecule has 6 nitrogen and oxygen atoms in total. The van der Waals surface area contributed by atoms with Gasteiger partial charge in [0.15, 0.2) is 0 Å². The van der Waals surface area contributed by atoms with E-state index in [2.05, 4.69) is 5.10 Å². The summed E-state index contributed by atoms with van der Waals surface area (Å²) in [6.45, 7) is 2.42.